The van der Waals surface area contributed by atoms with E-state index in [1.54, 1.807) is 14.2 Å². The van der Waals surface area contributed by atoms with Gasteiger partial charge in [0.2, 0.25) is 0 Å². The smallest absolute Gasteiger partial charge is 0.338 e. The maximum Gasteiger partial charge on any atom is 0.338 e. The lowest BCUT2D eigenvalue weighted by molar-refractivity contribution is 0.0599. The molecule has 0 saturated carbocycles. The third-order valence-electron chi connectivity index (χ3n) is 6.02. The van der Waals surface area contributed by atoms with Gasteiger partial charge in [0.15, 0.2) is 0 Å². The van der Waals surface area contributed by atoms with E-state index in [2.05, 4.69) is 36.4 Å². The first kappa shape index (κ1) is 21.7. The van der Waals surface area contributed by atoms with E-state index in [4.69, 9.17) is 14.2 Å². The molecule has 4 heteroatoms. The van der Waals surface area contributed by atoms with Crippen LogP contribution in [0.4, 0.5) is 0 Å². The zero-order chi connectivity index (χ0) is 22.5. The van der Waals surface area contributed by atoms with Gasteiger partial charge in [-0.05, 0) is 77.3 Å². The van der Waals surface area contributed by atoms with Gasteiger partial charge in [0.05, 0.1) is 26.9 Å². The normalized spacial score (nSPS) is 12.2. The summed E-state index contributed by atoms with van der Waals surface area (Å²) in [6, 6.07) is 20.2. The predicted molar refractivity (Wildman–Crippen MR) is 127 cm³/mol. The Labute approximate surface area is 189 Å². The summed E-state index contributed by atoms with van der Waals surface area (Å²) >= 11 is 0. The maximum absolute atomic E-state index is 12.1. The first-order valence-electron chi connectivity index (χ1n) is 10.8. The first-order valence-corrected chi connectivity index (χ1v) is 10.8. The van der Waals surface area contributed by atoms with Gasteiger partial charge in [-0.3, -0.25) is 0 Å². The van der Waals surface area contributed by atoms with Gasteiger partial charge in [0.1, 0.15) is 11.5 Å². The number of ether oxygens (including phenoxy) is 3. The predicted octanol–water partition coefficient (Wildman–Crippen LogP) is 5.46. The van der Waals surface area contributed by atoms with Gasteiger partial charge in [0.25, 0.3) is 0 Å². The Kier molecular flexibility index (Phi) is 6.60. The Morgan fingerprint density at radius 3 is 2.25 bits per heavy atom. The van der Waals surface area contributed by atoms with Gasteiger partial charge in [-0.2, -0.15) is 0 Å². The molecule has 0 bridgehead atoms. The number of aryl methyl sites for hydroxylation is 2. The highest BCUT2D eigenvalue weighted by atomic mass is 16.5. The Bertz CT molecular complexity index is 1140. The molecule has 1 aliphatic carbocycles. The Balaban J connectivity index is 1.59. The van der Waals surface area contributed by atoms with Crippen LogP contribution in [-0.2, 0) is 30.4 Å². The van der Waals surface area contributed by atoms with E-state index < -0.39 is 0 Å². The molecule has 0 fully saturated rings. The molecule has 3 aromatic carbocycles. The topological polar surface area (TPSA) is 44.8 Å². The van der Waals surface area contributed by atoms with E-state index in [9.17, 15) is 4.79 Å². The standard InChI is InChI=1S/C28H28O4/c1-30-24-16-19(17-25(18-24)31-2)15-23-14-13-22-9-6-8-21(27(22)23)12-11-20-7-4-5-10-26(20)28(29)32-3/h4-10,14,16-18H,11-13,15H2,1-3H3. The molecule has 1 aliphatic rings. The minimum Gasteiger partial charge on any atom is -0.497 e. The molecular formula is C28H28O4. The minimum atomic E-state index is -0.286. The fourth-order valence-electron chi connectivity index (χ4n) is 4.45. The highest BCUT2D eigenvalue weighted by Crippen LogP contribution is 2.35. The number of esters is 1. The Morgan fingerprint density at radius 1 is 0.844 bits per heavy atom. The number of benzene rings is 3. The SMILES string of the molecule is COC(=O)c1ccccc1CCc1cccc2c1C(Cc1cc(OC)cc(OC)c1)=CC2. The molecule has 0 amide bonds. The molecule has 0 spiro atoms. The molecular weight excluding hydrogens is 400 g/mol. The third kappa shape index (κ3) is 4.54. The lowest BCUT2D eigenvalue weighted by atomic mass is 9.91. The molecule has 32 heavy (non-hydrogen) atoms. The second-order valence-corrected chi connectivity index (χ2v) is 7.93. The summed E-state index contributed by atoms with van der Waals surface area (Å²) in [6.45, 7) is 0. The molecule has 3 aromatic rings. The second-order valence-electron chi connectivity index (χ2n) is 7.93. The zero-order valence-electron chi connectivity index (χ0n) is 18.8. The molecule has 0 unspecified atom stereocenters. The van der Waals surface area contributed by atoms with E-state index >= 15 is 0 Å². The molecule has 164 valence electrons. The van der Waals surface area contributed by atoms with Crippen molar-refractivity contribution in [2.45, 2.75) is 25.7 Å². The van der Waals surface area contributed by atoms with E-state index in [1.807, 2.05) is 30.3 Å². The van der Waals surface area contributed by atoms with E-state index in [0.29, 0.717) is 5.56 Å². The molecule has 0 radical (unpaired) electrons. The van der Waals surface area contributed by atoms with Crippen LogP contribution in [0.1, 0.15) is 38.2 Å². The van der Waals surface area contributed by atoms with Crippen LogP contribution < -0.4 is 9.47 Å². The van der Waals surface area contributed by atoms with Crippen LogP contribution in [-0.4, -0.2) is 27.3 Å². The van der Waals surface area contributed by atoms with Crippen molar-refractivity contribution in [3.8, 4) is 11.5 Å². The number of methoxy groups -OCH3 is 3. The van der Waals surface area contributed by atoms with Gasteiger partial charge in [-0.1, -0.05) is 42.5 Å². The van der Waals surface area contributed by atoms with E-state index in [0.717, 1.165) is 48.3 Å². The largest absolute Gasteiger partial charge is 0.497 e. The number of carbonyl (C=O) groups excluding carboxylic acids is 1. The van der Waals surface area contributed by atoms with Crippen LogP contribution in [0.2, 0.25) is 0 Å². The molecule has 0 atom stereocenters. The average molecular weight is 429 g/mol. The van der Waals surface area contributed by atoms with Gasteiger partial charge < -0.3 is 14.2 Å². The highest BCUT2D eigenvalue weighted by molar-refractivity contribution is 5.91. The van der Waals surface area contributed by atoms with Crippen LogP contribution in [0.5, 0.6) is 11.5 Å². The van der Waals surface area contributed by atoms with Crippen molar-refractivity contribution in [1.82, 2.24) is 0 Å². The number of allylic oxidation sites excluding steroid dienone is 2. The quantitative estimate of drug-likeness (QED) is 0.447. The average Bonchev–Trinajstić information content (AvgIpc) is 3.25. The minimum absolute atomic E-state index is 0.286. The van der Waals surface area contributed by atoms with E-state index in [1.165, 1.54) is 29.4 Å². The van der Waals surface area contributed by atoms with E-state index in [-0.39, 0.29) is 5.97 Å². The van der Waals surface area contributed by atoms with Gasteiger partial charge in [-0.15, -0.1) is 0 Å². The number of fused-ring (bicyclic) bond motifs is 1. The lowest BCUT2D eigenvalue weighted by Crippen LogP contribution is -2.07. The van der Waals surface area contributed by atoms with Crippen LogP contribution >= 0.6 is 0 Å². The Hall–Kier alpha value is -3.53. The summed E-state index contributed by atoms with van der Waals surface area (Å²) in [5.74, 6) is 1.31. The van der Waals surface area contributed by atoms with Gasteiger partial charge >= 0.3 is 5.97 Å². The van der Waals surface area contributed by atoms with Crippen molar-refractivity contribution in [3.05, 3.63) is 100 Å². The molecule has 0 aromatic heterocycles. The summed E-state index contributed by atoms with van der Waals surface area (Å²) in [6.07, 6.45) is 5.72. The fraction of sp³-hybridized carbons (Fsp3) is 0.250. The number of hydrogen-bond acceptors (Lipinski definition) is 4. The molecule has 0 N–H and O–H groups in total. The van der Waals surface area contributed by atoms with Crippen LogP contribution in [0.3, 0.4) is 0 Å². The van der Waals surface area contributed by atoms with Gasteiger partial charge in [-0.25, -0.2) is 4.79 Å². The number of hydrogen-bond donors (Lipinski definition) is 0. The molecule has 4 rings (SSSR count). The Morgan fingerprint density at radius 2 is 1.53 bits per heavy atom. The van der Waals surface area contributed by atoms with Crippen LogP contribution in [0.15, 0.2) is 66.7 Å². The third-order valence-corrected chi connectivity index (χ3v) is 6.02. The second kappa shape index (κ2) is 9.73. The van der Waals surface area contributed by atoms with Crippen LogP contribution in [0.25, 0.3) is 5.57 Å². The molecule has 4 nitrogen and oxygen atoms in total. The summed E-state index contributed by atoms with van der Waals surface area (Å²) in [7, 11) is 4.77. The fourth-order valence-corrected chi connectivity index (χ4v) is 4.45. The zero-order valence-corrected chi connectivity index (χ0v) is 18.8. The summed E-state index contributed by atoms with van der Waals surface area (Å²) in [5, 5.41) is 0. The molecule has 0 saturated heterocycles. The van der Waals surface area contributed by atoms with Gasteiger partial charge in [0, 0.05) is 6.07 Å². The van der Waals surface area contributed by atoms with Crippen molar-refractivity contribution >= 4 is 11.5 Å². The summed E-state index contributed by atoms with van der Waals surface area (Å²) in [4.78, 5) is 12.1. The number of carbonyl (C=O) groups is 1. The number of rotatable bonds is 8. The van der Waals surface area contributed by atoms with Crippen molar-refractivity contribution in [3.63, 3.8) is 0 Å². The van der Waals surface area contributed by atoms with Crippen LogP contribution in [0, 0.1) is 0 Å². The maximum atomic E-state index is 12.1. The van der Waals surface area contributed by atoms with Crippen molar-refractivity contribution in [2.75, 3.05) is 21.3 Å². The summed E-state index contributed by atoms with van der Waals surface area (Å²) < 4.78 is 15.8. The van der Waals surface area contributed by atoms with Crippen molar-refractivity contribution < 1.29 is 19.0 Å². The highest BCUT2D eigenvalue weighted by Gasteiger charge is 2.19. The summed E-state index contributed by atoms with van der Waals surface area (Å²) in [5.41, 5.74) is 8.14. The monoisotopic (exact) mass is 428 g/mol. The van der Waals surface area contributed by atoms with Crippen molar-refractivity contribution in [2.24, 2.45) is 0 Å². The van der Waals surface area contributed by atoms with Crippen molar-refractivity contribution in [1.29, 1.82) is 0 Å². The molecule has 0 heterocycles. The first-order chi connectivity index (χ1) is 15.6. The molecule has 0 aliphatic heterocycles. The lowest BCUT2D eigenvalue weighted by Gasteiger charge is -2.15.